The maximum absolute atomic E-state index is 11.6. The van der Waals surface area contributed by atoms with Crippen molar-refractivity contribution in [3.05, 3.63) is 0 Å². The summed E-state index contributed by atoms with van der Waals surface area (Å²) in [5.74, 6) is -0.659. The molecule has 4 nitrogen and oxygen atoms in total. The smallest absolute Gasteiger partial charge is 0.306 e. The summed E-state index contributed by atoms with van der Waals surface area (Å²) in [6, 6.07) is 0. The molecule has 0 fully saturated rings. The average molecular weight is 357 g/mol. The highest BCUT2D eigenvalue weighted by Crippen LogP contribution is 2.15. The molecule has 1 atom stereocenters. The first-order valence-electron chi connectivity index (χ1n) is 10.4. The molecule has 0 aromatic carbocycles. The van der Waals surface area contributed by atoms with Crippen molar-refractivity contribution in [3.63, 3.8) is 0 Å². The van der Waals surface area contributed by atoms with E-state index in [1.165, 1.54) is 44.9 Å². The van der Waals surface area contributed by atoms with Crippen molar-refractivity contribution in [1.29, 1.82) is 0 Å². The standard InChI is InChI=1S/C21H40O4/c1-4-13-19(21(23)24)15-16-20(22)25-17-12-10-8-6-5-7-9-11-14-18(2)3/h18-19H,4-17H2,1-3H3,(H,23,24). The highest BCUT2D eigenvalue weighted by molar-refractivity contribution is 5.73. The molecule has 0 aliphatic heterocycles. The van der Waals surface area contributed by atoms with Crippen molar-refractivity contribution < 1.29 is 19.4 Å². The second-order valence-electron chi connectivity index (χ2n) is 7.59. The zero-order valence-electron chi connectivity index (χ0n) is 16.7. The van der Waals surface area contributed by atoms with Crippen molar-refractivity contribution in [2.24, 2.45) is 11.8 Å². The molecule has 0 radical (unpaired) electrons. The van der Waals surface area contributed by atoms with Gasteiger partial charge in [0, 0.05) is 6.42 Å². The van der Waals surface area contributed by atoms with Crippen LogP contribution in [0.5, 0.6) is 0 Å². The molecule has 0 rings (SSSR count). The zero-order chi connectivity index (χ0) is 18.9. The van der Waals surface area contributed by atoms with Crippen LogP contribution in [0.3, 0.4) is 0 Å². The molecule has 0 heterocycles. The van der Waals surface area contributed by atoms with E-state index in [-0.39, 0.29) is 12.4 Å². The largest absolute Gasteiger partial charge is 0.481 e. The van der Waals surface area contributed by atoms with E-state index in [4.69, 9.17) is 9.84 Å². The van der Waals surface area contributed by atoms with Gasteiger partial charge in [0.05, 0.1) is 12.5 Å². The topological polar surface area (TPSA) is 63.6 Å². The summed E-state index contributed by atoms with van der Waals surface area (Å²) in [5.41, 5.74) is 0. The van der Waals surface area contributed by atoms with Gasteiger partial charge in [0.15, 0.2) is 0 Å². The quantitative estimate of drug-likeness (QED) is 0.257. The molecule has 1 unspecified atom stereocenters. The maximum Gasteiger partial charge on any atom is 0.306 e. The monoisotopic (exact) mass is 356 g/mol. The minimum atomic E-state index is -0.807. The number of rotatable bonds is 17. The number of esters is 1. The van der Waals surface area contributed by atoms with Crippen LogP contribution in [0.4, 0.5) is 0 Å². The Morgan fingerprint density at radius 1 is 0.840 bits per heavy atom. The second kappa shape index (κ2) is 16.4. The van der Waals surface area contributed by atoms with Crippen LogP contribution in [0.1, 0.15) is 104 Å². The fourth-order valence-electron chi connectivity index (χ4n) is 3.01. The molecule has 0 bridgehead atoms. The van der Waals surface area contributed by atoms with Crippen molar-refractivity contribution >= 4 is 11.9 Å². The second-order valence-corrected chi connectivity index (χ2v) is 7.59. The van der Waals surface area contributed by atoms with Gasteiger partial charge < -0.3 is 9.84 Å². The highest BCUT2D eigenvalue weighted by atomic mass is 16.5. The molecular formula is C21H40O4. The molecule has 0 saturated carbocycles. The summed E-state index contributed by atoms with van der Waals surface area (Å²) in [6.45, 7) is 6.99. The summed E-state index contributed by atoms with van der Waals surface area (Å²) in [6.07, 6.45) is 13.2. The Hall–Kier alpha value is -1.06. The minimum absolute atomic E-state index is 0.216. The fourth-order valence-corrected chi connectivity index (χ4v) is 3.01. The van der Waals surface area contributed by atoms with Crippen LogP contribution in [0.25, 0.3) is 0 Å². The molecule has 0 aromatic heterocycles. The van der Waals surface area contributed by atoms with Gasteiger partial charge in [0.2, 0.25) is 0 Å². The normalized spacial score (nSPS) is 12.3. The Morgan fingerprint density at radius 3 is 1.92 bits per heavy atom. The van der Waals surface area contributed by atoms with Gasteiger partial charge >= 0.3 is 11.9 Å². The lowest BCUT2D eigenvalue weighted by molar-refractivity contribution is -0.145. The van der Waals surface area contributed by atoms with Gasteiger partial charge in [-0.25, -0.2) is 0 Å². The SMILES string of the molecule is CCCC(CCC(=O)OCCCCCCCCCCC(C)C)C(=O)O. The molecular weight excluding hydrogens is 316 g/mol. The summed E-state index contributed by atoms with van der Waals surface area (Å²) in [7, 11) is 0. The number of unbranched alkanes of at least 4 members (excludes halogenated alkanes) is 7. The van der Waals surface area contributed by atoms with Gasteiger partial charge in [0.25, 0.3) is 0 Å². The third kappa shape index (κ3) is 16.2. The number of carboxylic acids is 1. The molecule has 148 valence electrons. The highest BCUT2D eigenvalue weighted by Gasteiger charge is 2.18. The Labute approximate surface area is 154 Å². The summed E-state index contributed by atoms with van der Waals surface area (Å²) in [5, 5.41) is 9.05. The molecule has 0 aliphatic carbocycles. The Morgan fingerprint density at radius 2 is 1.40 bits per heavy atom. The van der Waals surface area contributed by atoms with Crippen LogP contribution >= 0.6 is 0 Å². The van der Waals surface area contributed by atoms with E-state index in [0.29, 0.717) is 19.4 Å². The lowest BCUT2D eigenvalue weighted by Gasteiger charge is -2.10. The van der Waals surface area contributed by atoms with E-state index >= 15 is 0 Å². The van der Waals surface area contributed by atoms with Gasteiger partial charge in [-0.3, -0.25) is 9.59 Å². The lowest BCUT2D eigenvalue weighted by Crippen LogP contribution is -2.16. The molecule has 0 amide bonds. The number of hydrogen-bond acceptors (Lipinski definition) is 3. The van der Waals surface area contributed by atoms with Crippen LogP contribution in [0, 0.1) is 11.8 Å². The van der Waals surface area contributed by atoms with Crippen LogP contribution in [0.15, 0.2) is 0 Å². The van der Waals surface area contributed by atoms with Crippen LogP contribution < -0.4 is 0 Å². The van der Waals surface area contributed by atoms with Gasteiger partial charge in [-0.1, -0.05) is 78.6 Å². The molecule has 4 heteroatoms. The van der Waals surface area contributed by atoms with Gasteiger partial charge in [-0.05, 0) is 25.2 Å². The van der Waals surface area contributed by atoms with E-state index < -0.39 is 11.9 Å². The first-order chi connectivity index (χ1) is 12.0. The molecule has 0 aromatic rings. The number of ether oxygens (including phenoxy) is 1. The van der Waals surface area contributed by atoms with E-state index in [1.807, 2.05) is 6.92 Å². The van der Waals surface area contributed by atoms with Crippen LogP contribution in [-0.2, 0) is 14.3 Å². The number of hydrogen-bond donors (Lipinski definition) is 1. The average Bonchev–Trinajstić information content (AvgIpc) is 2.55. The first-order valence-corrected chi connectivity index (χ1v) is 10.4. The first kappa shape index (κ1) is 23.9. The van der Waals surface area contributed by atoms with Gasteiger partial charge in [-0.2, -0.15) is 0 Å². The summed E-state index contributed by atoms with van der Waals surface area (Å²) >= 11 is 0. The van der Waals surface area contributed by atoms with Crippen molar-refractivity contribution in [1.82, 2.24) is 0 Å². The van der Waals surface area contributed by atoms with E-state index in [9.17, 15) is 9.59 Å². The number of carbonyl (C=O) groups is 2. The minimum Gasteiger partial charge on any atom is -0.481 e. The van der Waals surface area contributed by atoms with Crippen LogP contribution in [0.2, 0.25) is 0 Å². The Balaban J connectivity index is 3.41. The third-order valence-electron chi connectivity index (χ3n) is 4.62. The van der Waals surface area contributed by atoms with E-state index in [0.717, 1.165) is 25.2 Å². The predicted molar refractivity (Wildman–Crippen MR) is 103 cm³/mol. The Kier molecular flexibility index (Phi) is 15.7. The van der Waals surface area contributed by atoms with Gasteiger partial charge in [0.1, 0.15) is 0 Å². The van der Waals surface area contributed by atoms with Crippen molar-refractivity contribution in [2.45, 2.75) is 104 Å². The van der Waals surface area contributed by atoms with E-state index in [1.54, 1.807) is 0 Å². The predicted octanol–water partition coefficient (Wildman–Crippen LogP) is 5.98. The molecule has 1 N–H and O–H groups in total. The lowest BCUT2D eigenvalue weighted by atomic mass is 9.98. The van der Waals surface area contributed by atoms with Crippen molar-refractivity contribution in [2.75, 3.05) is 6.61 Å². The number of carbonyl (C=O) groups excluding carboxylic acids is 1. The number of carboxylic acid groups (broad SMARTS) is 1. The van der Waals surface area contributed by atoms with Crippen molar-refractivity contribution in [3.8, 4) is 0 Å². The molecule has 0 saturated heterocycles. The third-order valence-corrected chi connectivity index (χ3v) is 4.62. The van der Waals surface area contributed by atoms with Crippen LogP contribution in [-0.4, -0.2) is 23.7 Å². The fraction of sp³-hybridized carbons (Fsp3) is 0.905. The zero-order valence-corrected chi connectivity index (χ0v) is 16.7. The number of aliphatic carboxylic acids is 1. The molecule has 25 heavy (non-hydrogen) atoms. The maximum atomic E-state index is 11.6. The van der Waals surface area contributed by atoms with Gasteiger partial charge in [-0.15, -0.1) is 0 Å². The molecule has 0 aliphatic rings. The summed E-state index contributed by atoms with van der Waals surface area (Å²) < 4.78 is 5.20. The summed E-state index contributed by atoms with van der Waals surface area (Å²) in [4.78, 5) is 22.7. The Bertz CT molecular complexity index is 339. The van der Waals surface area contributed by atoms with E-state index in [2.05, 4.69) is 13.8 Å². The molecule has 0 spiro atoms.